The lowest BCUT2D eigenvalue weighted by atomic mass is 9.92. The number of aromatic nitrogens is 2. The minimum Gasteiger partial charge on any atom is -0.240 e. The van der Waals surface area contributed by atoms with Crippen LogP contribution in [0, 0.1) is 0 Å². The number of rotatable bonds is 0. The van der Waals surface area contributed by atoms with E-state index in [9.17, 15) is 0 Å². The normalized spacial score (nSPS) is 17.4. The van der Waals surface area contributed by atoms with Crippen LogP contribution < -0.4 is 11.0 Å². The fourth-order valence-corrected chi connectivity index (χ4v) is 11.2. The van der Waals surface area contributed by atoms with E-state index in [1.54, 1.807) is 0 Å². The Morgan fingerprint density at radius 3 is 1.21 bits per heavy atom. The van der Waals surface area contributed by atoms with Gasteiger partial charge in [0.2, 0.25) is 11.3 Å². The summed E-state index contributed by atoms with van der Waals surface area (Å²) in [5.41, 5.74) is 4.15. The third-order valence-electron chi connectivity index (χ3n) is 13.3. The van der Waals surface area contributed by atoms with E-state index in [1.165, 1.54) is 64.6 Å². The van der Waals surface area contributed by atoms with Crippen LogP contribution in [0.1, 0.15) is 18.1 Å². The summed E-state index contributed by atoms with van der Waals surface area (Å²) in [6, 6.07) is 52.9. The van der Waals surface area contributed by atoms with Crippen LogP contribution in [-0.4, -0.2) is 25.4 Å². The molecule has 1 atom stereocenters. The molecule has 1 unspecified atom stereocenters. The van der Waals surface area contributed by atoms with E-state index in [-0.39, 0.29) is 0 Å². The van der Waals surface area contributed by atoms with Crippen molar-refractivity contribution in [3.63, 3.8) is 0 Å². The van der Waals surface area contributed by atoms with E-state index < -0.39 is 5.79 Å². The maximum absolute atomic E-state index is 5.85. The molecule has 6 heteroatoms. The van der Waals surface area contributed by atoms with Gasteiger partial charge in [-0.2, -0.15) is 4.58 Å². The monoisotopic (exact) mass is 711 g/mol. The second kappa shape index (κ2) is 9.08. The van der Waals surface area contributed by atoms with Crippen molar-refractivity contribution in [1.82, 2.24) is 9.13 Å². The number of amidine groups is 2. The molecule has 9 aromatic carbocycles. The molecule has 6 nitrogen and oxygen atoms in total. The summed E-state index contributed by atoms with van der Waals surface area (Å²) < 4.78 is 7.31. The second-order valence-electron chi connectivity index (χ2n) is 15.8. The summed E-state index contributed by atoms with van der Waals surface area (Å²) in [6.07, 6.45) is 0. The van der Waals surface area contributed by atoms with Crippen LogP contribution in [0.25, 0.3) is 86.2 Å². The van der Waals surface area contributed by atoms with Gasteiger partial charge in [0.25, 0.3) is 17.5 Å². The molecule has 6 heterocycles. The van der Waals surface area contributed by atoms with Gasteiger partial charge in [0.15, 0.2) is 11.3 Å². The topological polar surface area (TPSA) is 49.9 Å². The first kappa shape index (κ1) is 28.1. The lowest BCUT2D eigenvalue weighted by Crippen LogP contribution is -2.62. The van der Waals surface area contributed by atoms with Gasteiger partial charge in [-0.3, -0.25) is 0 Å². The Balaban J connectivity index is 1.30. The molecule has 0 N–H and O–H groups in total. The Bertz CT molecular complexity index is 4010. The number of benzene rings is 9. The van der Waals surface area contributed by atoms with Crippen LogP contribution in [0.4, 0.5) is 11.6 Å². The first-order valence-corrected chi connectivity index (χ1v) is 19.3. The predicted molar refractivity (Wildman–Crippen MR) is 227 cm³/mol. The predicted octanol–water partition coefficient (Wildman–Crippen LogP) is 10.5. The van der Waals surface area contributed by atoms with Crippen LogP contribution in [0.5, 0.6) is 0 Å². The van der Waals surface area contributed by atoms with Gasteiger partial charge < -0.3 is 0 Å². The first-order valence-electron chi connectivity index (χ1n) is 19.3. The molecule has 256 valence electrons. The summed E-state index contributed by atoms with van der Waals surface area (Å²) in [6.45, 7) is 2.37. The third-order valence-corrected chi connectivity index (χ3v) is 13.3. The van der Waals surface area contributed by atoms with E-state index in [0.717, 1.165) is 67.0 Å². The van der Waals surface area contributed by atoms with Crippen molar-refractivity contribution in [2.24, 2.45) is 15.0 Å². The summed E-state index contributed by atoms with van der Waals surface area (Å²) in [4.78, 5) is 17.5. The number of nitrogens with zero attached hydrogens (tertiary/aromatic N) is 6. The summed E-state index contributed by atoms with van der Waals surface area (Å²) in [7, 11) is 0. The third kappa shape index (κ3) is 2.84. The van der Waals surface area contributed by atoms with Crippen LogP contribution in [0.3, 0.4) is 0 Å². The maximum atomic E-state index is 5.85. The Hall–Kier alpha value is -7.44. The van der Waals surface area contributed by atoms with Gasteiger partial charge in [0, 0.05) is 17.7 Å². The SMILES string of the molecule is CC12n3c4c5c6ccccc6c6ccccc6c5c3N=c3c5c6ccccc6c6ccccc6c5c(n31)=NC1=[N+]2C(=N4)c2c1c1ccccc1c1ccccc21. The van der Waals surface area contributed by atoms with Gasteiger partial charge >= 0.3 is 0 Å². The van der Waals surface area contributed by atoms with Gasteiger partial charge in [-0.15, -0.1) is 0 Å². The summed E-state index contributed by atoms with van der Waals surface area (Å²) in [5.74, 6) is 2.93. The summed E-state index contributed by atoms with van der Waals surface area (Å²) in [5, 5.41) is 19.0. The van der Waals surface area contributed by atoms with Gasteiger partial charge in [-0.1, -0.05) is 156 Å². The maximum Gasteiger partial charge on any atom is 0.277 e. The number of aliphatic imine (C=N–C) groups is 1. The zero-order chi connectivity index (χ0) is 36.2. The quantitative estimate of drug-likeness (QED) is 0.111. The van der Waals surface area contributed by atoms with Crippen LogP contribution in [0.15, 0.2) is 161 Å². The van der Waals surface area contributed by atoms with Crippen molar-refractivity contribution >= 4 is 109 Å². The number of fused-ring (bicyclic) bond motifs is 24. The highest BCUT2D eigenvalue weighted by molar-refractivity contribution is 6.34. The molecule has 0 saturated carbocycles. The van der Waals surface area contributed by atoms with Gasteiger partial charge in [0.05, 0.1) is 21.9 Å². The molecule has 0 saturated heterocycles. The van der Waals surface area contributed by atoms with Gasteiger partial charge in [-0.05, 0) is 64.6 Å². The molecule has 0 bridgehead atoms. The van der Waals surface area contributed by atoms with Gasteiger partial charge in [0.1, 0.15) is 0 Å². The fourth-order valence-electron chi connectivity index (χ4n) is 11.2. The van der Waals surface area contributed by atoms with E-state index in [2.05, 4.69) is 166 Å². The number of hydrogen-bond donors (Lipinski definition) is 0. The second-order valence-corrected chi connectivity index (χ2v) is 15.8. The van der Waals surface area contributed by atoms with Crippen molar-refractivity contribution in [2.45, 2.75) is 12.7 Å². The largest absolute Gasteiger partial charge is 0.277 e. The fraction of sp³-hybridized carbons (Fsp3) is 0.0400. The molecule has 0 fully saturated rings. The Kier molecular flexibility index (Phi) is 4.55. The van der Waals surface area contributed by atoms with Crippen molar-refractivity contribution in [1.29, 1.82) is 0 Å². The molecule has 0 radical (unpaired) electrons. The van der Waals surface area contributed by atoms with Crippen molar-refractivity contribution in [2.75, 3.05) is 0 Å². The highest BCUT2D eigenvalue weighted by atomic mass is 15.6. The molecular formula is C50H27N6+. The first-order chi connectivity index (χ1) is 27.7. The highest BCUT2D eigenvalue weighted by Crippen LogP contribution is 2.54. The molecular weight excluding hydrogens is 685 g/mol. The molecule has 0 amide bonds. The molecule has 11 aromatic rings. The Morgan fingerprint density at radius 1 is 0.375 bits per heavy atom. The molecule has 0 spiro atoms. The van der Waals surface area contributed by atoms with E-state index in [1.807, 2.05) is 0 Å². The minimum absolute atomic E-state index is 0.811. The highest BCUT2D eigenvalue weighted by Gasteiger charge is 2.58. The standard InChI is InChI=1S/C50H27N6/c1-50-54-44-38-32-20-8-2-14-26(32)27-15-3-9-21-33(27)39(38)45(54)52-47-42-36-24-12-6-18-30(36)31-19-7-13-25-37(31)43(42)49(56(47)50)53-48-41-35-23-11-5-17-29(35)28-16-4-10-22-34(28)40(41)46(51-44)55(48)50/h2-25H,1H3/q+1. The molecule has 2 aromatic heterocycles. The zero-order valence-electron chi connectivity index (χ0n) is 30.0. The van der Waals surface area contributed by atoms with Crippen LogP contribution in [-0.2, 0) is 5.79 Å². The zero-order valence-corrected chi connectivity index (χ0v) is 30.0. The lowest BCUT2D eigenvalue weighted by Gasteiger charge is -2.39. The van der Waals surface area contributed by atoms with Crippen LogP contribution >= 0.6 is 0 Å². The van der Waals surface area contributed by atoms with Crippen molar-refractivity contribution in [3.05, 3.63) is 168 Å². The smallest absolute Gasteiger partial charge is 0.240 e. The molecule has 56 heavy (non-hydrogen) atoms. The lowest BCUT2D eigenvalue weighted by molar-refractivity contribution is -0.550. The molecule has 0 aliphatic carbocycles. The van der Waals surface area contributed by atoms with Crippen LogP contribution in [0.2, 0.25) is 0 Å². The average Bonchev–Trinajstić information content (AvgIpc) is 3.90. The number of hydrogen-bond acceptors (Lipinski definition) is 3. The minimum atomic E-state index is -0.811. The van der Waals surface area contributed by atoms with E-state index >= 15 is 0 Å². The average molecular weight is 712 g/mol. The Labute approximate surface area is 317 Å². The van der Waals surface area contributed by atoms with Gasteiger partial charge in [-0.25, -0.2) is 14.1 Å². The summed E-state index contributed by atoms with van der Waals surface area (Å²) >= 11 is 0. The van der Waals surface area contributed by atoms with Crippen molar-refractivity contribution in [3.8, 4) is 0 Å². The Morgan fingerprint density at radius 2 is 0.732 bits per heavy atom. The van der Waals surface area contributed by atoms with Crippen molar-refractivity contribution < 1.29 is 4.58 Å². The van der Waals surface area contributed by atoms with E-state index in [0.29, 0.717) is 0 Å². The molecule has 15 rings (SSSR count). The molecule has 4 aliphatic heterocycles. The molecule has 4 aliphatic rings. The van der Waals surface area contributed by atoms with E-state index in [4.69, 9.17) is 15.0 Å².